The van der Waals surface area contributed by atoms with E-state index in [1.54, 1.807) is 34.4 Å². The number of aliphatic hydroxyl groups is 1. The first-order chi connectivity index (χ1) is 12.7. The Bertz CT molecular complexity index is 828. The molecule has 6 heteroatoms. The molecule has 2 aromatic rings. The van der Waals surface area contributed by atoms with E-state index < -0.39 is 11.8 Å². The minimum atomic E-state index is -0.643. The summed E-state index contributed by atoms with van der Waals surface area (Å²) in [4.78, 5) is 27.0. The van der Waals surface area contributed by atoms with Gasteiger partial charge in [-0.05, 0) is 48.4 Å². The van der Waals surface area contributed by atoms with Crippen LogP contribution >= 0.6 is 11.3 Å². The molecule has 1 aliphatic heterocycles. The lowest BCUT2D eigenvalue weighted by Crippen LogP contribution is -2.44. The molecule has 26 heavy (non-hydrogen) atoms. The predicted molar refractivity (Wildman–Crippen MR) is 102 cm³/mol. The number of thiophene rings is 1. The number of rotatable bonds is 2. The van der Waals surface area contributed by atoms with Crippen molar-refractivity contribution >= 4 is 28.8 Å². The number of piperidine rings is 1. The molecule has 3 rings (SSSR count). The van der Waals surface area contributed by atoms with Crippen molar-refractivity contribution in [1.82, 2.24) is 4.90 Å². The summed E-state index contributed by atoms with van der Waals surface area (Å²) in [5, 5.41) is 13.8. The fourth-order valence-electron chi connectivity index (χ4n) is 2.80. The number of carbonyl (C=O) groups is 2. The van der Waals surface area contributed by atoms with E-state index >= 15 is 0 Å². The Morgan fingerprint density at radius 2 is 2.00 bits per heavy atom. The second-order valence-electron chi connectivity index (χ2n) is 6.18. The van der Waals surface area contributed by atoms with Crippen molar-refractivity contribution in [1.29, 1.82) is 0 Å². The minimum Gasteiger partial charge on any atom is -0.396 e. The summed E-state index contributed by atoms with van der Waals surface area (Å²) in [6.07, 6.45) is 1.45. The van der Waals surface area contributed by atoms with Gasteiger partial charge in [0.05, 0.1) is 4.88 Å². The van der Waals surface area contributed by atoms with Gasteiger partial charge in [0, 0.05) is 30.9 Å². The third-order valence-corrected chi connectivity index (χ3v) is 5.11. The zero-order valence-electron chi connectivity index (χ0n) is 14.3. The molecule has 1 aromatic carbocycles. The zero-order chi connectivity index (χ0) is 18.4. The summed E-state index contributed by atoms with van der Waals surface area (Å²) < 4.78 is 0. The van der Waals surface area contributed by atoms with Crippen LogP contribution in [-0.2, 0) is 9.59 Å². The molecule has 134 valence electrons. The van der Waals surface area contributed by atoms with E-state index in [2.05, 4.69) is 17.2 Å². The van der Waals surface area contributed by atoms with Crippen LogP contribution in [0.3, 0.4) is 0 Å². The maximum absolute atomic E-state index is 12.3. The molecule has 0 spiro atoms. The van der Waals surface area contributed by atoms with Gasteiger partial charge in [-0.1, -0.05) is 24.0 Å². The number of aliphatic hydroxyl groups excluding tert-OH is 1. The number of nitrogens with zero attached hydrogens (tertiary/aromatic N) is 1. The van der Waals surface area contributed by atoms with E-state index in [1.165, 1.54) is 0 Å². The fourth-order valence-corrected chi connectivity index (χ4v) is 3.38. The molecule has 2 N–H and O–H groups in total. The molecular weight excluding hydrogens is 348 g/mol. The first-order valence-corrected chi connectivity index (χ1v) is 9.40. The van der Waals surface area contributed by atoms with Crippen LogP contribution in [0, 0.1) is 17.8 Å². The molecule has 1 fully saturated rings. The van der Waals surface area contributed by atoms with Crippen LogP contribution in [0.1, 0.15) is 23.3 Å². The summed E-state index contributed by atoms with van der Waals surface area (Å²) in [5.74, 6) is 5.17. The van der Waals surface area contributed by atoms with E-state index in [0.29, 0.717) is 18.8 Å². The number of nitrogens with one attached hydrogen (secondary N) is 1. The van der Waals surface area contributed by atoms with E-state index in [4.69, 9.17) is 5.11 Å². The number of likely N-dealkylation sites (tertiary alicyclic amines) is 1. The van der Waals surface area contributed by atoms with Crippen molar-refractivity contribution in [2.45, 2.75) is 12.8 Å². The van der Waals surface area contributed by atoms with Crippen molar-refractivity contribution in [2.24, 2.45) is 5.92 Å². The molecule has 0 radical (unpaired) electrons. The number of carbonyl (C=O) groups excluding carboxylic acids is 2. The number of anilines is 1. The Labute approximate surface area is 156 Å². The third kappa shape index (κ3) is 4.72. The first kappa shape index (κ1) is 18.2. The van der Waals surface area contributed by atoms with Gasteiger partial charge in [-0.2, -0.15) is 0 Å². The van der Waals surface area contributed by atoms with Gasteiger partial charge < -0.3 is 15.3 Å². The summed E-state index contributed by atoms with van der Waals surface area (Å²) >= 11 is 1.57. The molecule has 0 atom stereocenters. The maximum atomic E-state index is 12.3. The quantitative estimate of drug-likeness (QED) is 0.631. The van der Waals surface area contributed by atoms with Crippen LogP contribution in [0.4, 0.5) is 5.69 Å². The second kappa shape index (κ2) is 8.65. The molecule has 2 amide bonds. The van der Waals surface area contributed by atoms with Gasteiger partial charge in [0.15, 0.2) is 0 Å². The van der Waals surface area contributed by atoms with Gasteiger partial charge in [-0.3, -0.25) is 9.59 Å². The van der Waals surface area contributed by atoms with Crippen LogP contribution in [0.5, 0.6) is 0 Å². The van der Waals surface area contributed by atoms with Crippen LogP contribution in [0.25, 0.3) is 0 Å². The summed E-state index contributed by atoms with van der Waals surface area (Å²) in [7, 11) is 0. The van der Waals surface area contributed by atoms with Crippen molar-refractivity contribution < 1.29 is 14.7 Å². The molecule has 0 aliphatic carbocycles. The maximum Gasteiger partial charge on any atom is 0.313 e. The largest absolute Gasteiger partial charge is 0.396 e. The second-order valence-corrected chi connectivity index (χ2v) is 7.13. The van der Waals surface area contributed by atoms with E-state index in [1.807, 2.05) is 23.6 Å². The molecule has 1 saturated heterocycles. The Hall–Kier alpha value is -2.62. The standard InChI is InChI=1S/C20H20N2O3S/c23-14-16-8-10-22(11-9-16)20(25)19(24)21-17-4-1-3-15(13-17)6-7-18-5-2-12-26-18/h1-5,12-13,16,23H,8-11,14H2,(H,21,24). The van der Waals surface area contributed by atoms with Gasteiger partial charge in [0.25, 0.3) is 0 Å². The highest BCUT2D eigenvalue weighted by Crippen LogP contribution is 2.17. The molecule has 0 bridgehead atoms. The summed E-state index contributed by atoms with van der Waals surface area (Å²) in [5.41, 5.74) is 1.32. The molecule has 5 nitrogen and oxygen atoms in total. The highest BCUT2D eigenvalue weighted by atomic mass is 32.1. The van der Waals surface area contributed by atoms with E-state index in [-0.39, 0.29) is 12.5 Å². The normalized spacial score (nSPS) is 14.4. The average Bonchev–Trinajstić information content (AvgIpc) is 3.20. The molecular formula is C20H20N2O3S. The van der Waals surface area contributed by atoms with Gasteiger partial charge in [-0.25, -0.2) is 0 Å². The minimum absolute atomic E-state index is 0.132. The summed E-state index contributed by atoms with van der Waals surface area (Å²) in [6, 6.07) is 11.0. The number of hydrogen-bond acceptors (Lipinski definition) is 4. The predicted octanol–water partition coefficient (Wildman–Crippen LogP) is 2.32. The topological polar surface area (TPSA) is 69.6 Å². The smallest absolute Gasteiger partial charge is 0.313 e. The monoisotopic (exact) mass is 368 g/mol. The molecule has 0 unspecified atom stereocenters. The van der Waals surface area contributed by atoms with Crippen LogP contribution in [0.15, 0.2) is 41.8 Å². The Morgan fingerprint density at radius 1 is 1.19 bits per heavy atom. The molecule has 1 aliphatic rings. The SMILES string of the molecule is O=C(Nc1cccc(C#Cc2cccs2)c1)C(=O)N1CCC(CO)CC1. The van der Waals surface area contributed by atoms with Crippen molar-refractivity contribution in [2.75, 3.05) is 25.0 Å². The van der Waals surface area contributed by atoms with Gasteiger partial charge in [-0.15, -0.1) is 11.3 Å². The highest BCUT2D eigenvalue weighted by molar-refractivity contribution is 7.10. The van der Waals surface area contributed by atoms with Crippen LogP contribution < -0.4 is 5.32 Å². The number of benzene rings is 1. The zero-order valence-corrected chi connectivity index (χ0v) is 15.1. The highest BCUT2D eigenvalue weighted by Gasteiger charge is 2.26. The van der Waals surface area contributed by atoms with Crippen LogP contribution in [0.2, 0.25) is 0 Å². The lowest BCUT2D eigenvalue weighted by molar-refractivity contribution is -0.144. The Balaban J connectivity index is 1.60. The van der Waals surface area contributed by atoms with Crippen molar-refractivity contribution in [3.8, 4) is 11.8 Å². The summed E-state index contributed by atoms with van der Waals surface area (Å²) in [6.45, 7) is 1.14. The van der Waals surface area contributed by atoms with Gasteiger partial charge in [0.1, 0.15) is 0 Å². The van der Waals surface area contributed by atoms with E-state index in [9.17, 15) is 9.59 Å². The van der Waals surface area contributed by atoms with Gasteiger partial charge in [0.2, 0.25) is 0 Å². The van der Waals surface area contributed by atoms with Gasteiger partial charge >= 0.3 is 11.8 Å². The average molecular weight is 368 g/mol. The number of hydrogen-bond donors (Lipinski definition) is 2. The third-order valence-electron chi connectivity index (χ3n) is 4.33. The van der Waals surface area contributed by atoms with E-state index in [0.717, 1.165) is 23.3 Å². The Kier molecular flexibility index (Phi) is 6.05. The Morgan fingerprint density at radius 3 is 2.69 bits per heavy atom. The molecule has 2 heterocycles. The lowest BCUT2D eigenvalue weighted by Gasteiger charge is -2.30. The first-order valence-electron chi connectivity index (χ1n) is 8.52. The van der Waals surface area contributed by atoms with Crippen molar-refractivity contribution in [3.05, 3.63) is 52.2 Å². The molecule has 1 aromatic heterocycles. The lowest BCUT2D eigenvalue weighted by atomic mass is 9.98. The molecule has 0 saturated carbocycles. The van der Waals surface area contributed by atoms with Crippen molar-refractivity contribution in [3.63, 3.8) is 0 Å². The number of amides is 2. The fraction of sp³-hybridized carbons (Fsp3) is 0.300. The van der Waals surface area contributed by atoms with Crippen LogP contribution in [-0.4, -0.2) is 41.5 Å².